The highest BCUT2D eigenvalue weighted by atomic mass is 16.3. The number of nitrogens with zero attached hydrogens (tertiary/aromatic N) is 5. The number of benzene rings is 1. The number of rotatable bonds is 4. The Hall–Kier alpha value is -3.06. The molecular weight excluding hydrogens is 366 g/mol. The molecule has 1 N–H and O–H groups in total. The number of anilines is 1. The fourth-order valence-electron chi connectivity index (χ4n) is 4.48. The summed E-state index contributed by atoms with van der Waals surface area (Å²) in [5, 5.41) is 10.9. The molecule has 29 heavy (non-hydrogen) atoms. The van der Waals surface area contributed by atoms with Crippen molar-refractivity contribution < 1.29 is 5.11 Å². The van der Waals surface area contributed by atoms with Gasteiger partial charge in [-0.05, 0) is 37.3 Å². The molecule has 1 aliphatic heterocycles. The Kier molecular flexibility index (Phi) is 4.39. The maximum absolute atomic E-state index is 12.9. The van der Waals surface area contributed by atoms with Crippen LogP contribution in [0.25, 0.3) is 11.4 Å². The summed E-state index contributed by atoms with van der Waals surface area (Å²) in [6.45, 7) is 1.06. The largest absolute Gasteiger partial charge is 0.387 e. The average Bonchev–Trinajstić information content (AvgIpc) is 2.74. The molecule has 1 fully saturated rings. The number of hydrogen-bond donors (Lipinski definition) is 1. The van der Waals surface area contributed by atoms with Crippen molar-refractivity contribution in [3.05, 3.63) is 70.9 Å². The minimum atomic E-state index is -0.653. The van der Waals surface area contributed by atoms with E-state index in [0.29, 0.717) is 30.4 Å². The quantitative estimate of drug-likeness (QED) is 0.738. The first-order valence-electron chi connectivity index (χ1n) is 10.1. The van der Waals surface area contributed by atoms with Crippen LogP contribution >= 0.6 is 0 Å². The van der Waals surface area contributed by atoms with Crippen molar-refractivity contribution in [2.75, 3.05) is 11.4 Å². The zero-order valence-electron chi connectivity index (χ0n) is 16.1. The summed E-state index contributed by atoms with van der Waals surface area (Å²) in [7, 11) is 0. The molecule has 0 saturated heterocycles. The molecule has 5 rings (SSSR count). The van der Waals surface area contributed by atoms with Gasteiger partial charge in [0.2, 0.25) is 5.95 Å². The molecule has 148 valence electrons. The van der Waals surface area contributed by atoms with Crippen LogP contribution in [0.1, 0.15) is 37.4 Å². The molecule has 1 aromatic carbocycles. The third kappa shape index (κ3) is 3.11. The third-order valence-electron chi connectivity index (χ3n) is 6.27. The van der Waals surface area contributed by atoms with Crippen LogP contribution in [-0.2, 0) is 6.54 Å². The fourth-order valence-corrected chi connectivity index (χ4v) is 4.48. The topological polar surface area (TPSA) is 84.1 Å². The molecule has 2 aliphatic rings. The molecule has 1 aliphatic carbocycles. The number of aliphatic hydroxyl groups excluding tert-OH is 1. The molecule has 0 radical (unpaired) electrons. The van der Waals surface area contributed by atoms with Crippen molar-refractivity contribution >= 4 is 5.95 Å². The Morgan fingerprint density at radius 1 is 1.10 bits per heavy atom. The van der Waals surface area contributed by atoms with Crippen LogP contribution in [0.3, 0.4) is 0 Å². The van der Waals surface area contributed by atoms with Crippen molar-refractivity contribution in [1.29, 1.82) is 0 Å². The van der Waals surface area contributed by atoms with Crippen LogP contribution in [0.2, 0.25) is 0 Å². The summed E-state index contributed by atoms with van der Waals surface area (Å²) in [5.74, 6) is 0.632. The lowest BCUT2D eigenvalue weighted by molar-refractivity contribution is 0.131. The first kappa shape index (κ1) is 18.0. The summed E-state index contributed by atoms with van der Waals surface area (Å²) in [4.78, 5) is 28.1. The number of aliphatic hydroxyl groups is 1. The predicted molar refractivity (Wildman–Crippen MR) is 109 cm³/mol. The van der Waals surface area contributed by atoms with Gasteiger partial charge in [0.1, 0.15) is 6.33 Å². The van der Waals surface area contributed by atoms with Crippen LogP contribution in [-0.4, -0.2) is 36.7 Å². The van der Waals surface area contributed by atoms with E-state index in [-0.39, 0.29) is 11.1 Å². The Morgan fingerprint density at radius 3 is 2.62 bits per heavy atom. The summed E-state index contributed by atoms with van der Waals surface area (Å²) in [6, 6.07) is 12.9. The second-order valence-corrected chi connectivity index (χ2v) is 7.89. The summed E-state index contributed by atoms with van der Waals surface area (Å²) in [6.07, 6.45) is 6.62. The lowest BCUT2D eigenvalue weighted by atomic mass is 9.72. The molecule has 1 saturated carbocycles. The minimum Gasteiger partial charge on any atom is -0.387 e. The Morgan fingerprint density at radius 2 is 1.93 bits per heavy atom. The normalized spacial score (nSPS) is 18.2. The summed E-state index contributed by atoms with van der Waals surface area (Å²) < 4.78 is 1.73. The van der Waals surface area contributed by atoms with Crippen LogP contribution < -0.4 is 10.5 Å². The average molecular weight is 389 g/mol. The molecule has 0 unspecified atom stereocenters. The second-order valence-electron chi connectivity index (χ2n) is 7.89. The Labute approximate surface area is 168 Å². The van der Waals surface area contributed by atoms with E-state index in [1.54, 1.807) is 16.8 Å². The van der Waals surface area contributed by atoms with Crippen LogP contribution in [0.4, 0.5) is 5.95 Å². The molecule has 3 aromatic rings. The van der Waals surface area contributed by atoms with Gasteiger partial charge in [-0.25, -0.2) is 15.0 Å². The van der Waals surface area contributed by atoms with E-state index in [0.717, 1.165) is 31.2 Å². The molecule has 0 bridgehead atoms. The monoisotopic (exact) mass is 389 g/mol. The van der Waals surface area contributed by atoms with Crippen molar-refractivity contribution in [3.8, 4) is 11.4 Å². The van der Waals surface area contributed by atoms with Gasteiger partial charge in [-0.2, -0.15) is 0 Å². The third-order valence-corrected chi connectivity index (χ3v) is 6.27. The Bertz CT molecular complexity index is 1060. The van der Waals surface area contributed by atoms with Crippen molar-refractivity contribution in [2.45, 2.75) is 43.9 Å². The van der Waals surface area contributed by atoms with E-state index >= 15 is 0 Å². The van der Waals surface area contributed by atoms with Gasteiger partial charge in [0.05, 0.1) is 24.0 Å². The van der Waals surface area contributed by atoms with Gasteiger partial charge in [0, 0.05) is 24.3 Å². The van der Waals surface area contributed by atoms with E-state index < -0.39 is 6.10 Å². The van der Waals surface area contributed by atoms with E-state index in [4.69, 9.17) is 4.98 Å². The first-order valence-corrected chi connectivity index (χ1v) is 10.1. The van der Waals surface area contributed by atoms with E-state index in [1.165, 1.54) is 12.4 Å². The van der Waals surface area contributed by atoms with Gasteiger partial charge in [-0.1, -0.05) is 30.3 Å². The SMILES string of the molecule is O=c1cc(-c2ccncn2)nc2n1CCC1(CCC1)N2C[C@@H](O)c1ccccc1. The van der Waals surface area contributed by atoms with Crippen LogP contribution in [0, 0.1) is 0 Å². The molecule has 2 aromatic heterocycles. The first-order chi connectivity index (χ1) is 14.2. The summed E-state index contributed by atoms with van der Waals surface area (Å²) in [5.41, 5.74) is 1.92. The second kappa shape index (κ2) is 7.08. The van der Waals surface area contributed by atoms with Gasteiger partial charge in [0.25, 0.3) is 5.56 Å². The maximum atomic E-state index is 12.9. The van der Waals surface area contributed by atoms with E-state index in [9.17, 15) is 9.90 Å². The fraction of sp³-hybridized carbons (Fsp3) is 0.364. The van der Waals surface area contributed by atoms with Crippen molar-refractivity contribution in [2.24, 2.45) is 0 Å². The lowest BCUT2D eigenvalue weighted by Crippen LogP contribution is -2.60. The molecule has 7 heteroatoms. The molecule has 1 atom stereocenters. The highest BCUT2D eigenvalue weighted by molar-refractivity contribution is 5.56. The number of hydrogen-bond acceptors (Lipinski definition) is 6. The lowest BCUT2D eigenvalue weighted by Gasteiger charge is -2.54. The molecular formula is C22H23N5O2. The predicted octanol–water partition coefficient (Wildman–Crippen LogP) is 2.57. The highest BCUT2D eigenvalue weighted by Gasteiger charge is 2.47. The molecule has 0 amide bonds. The van der Waals surface area contributed by atoms with E-state index in [2.05, 4.69) is 14.9 Å². The Balaban J connectivity index is 1.58. The number of fused-ring (bicyclic) bond motifs is 1. The maximum Gasteiger partial charge on any atom is 0.255 e. The van der Waals surface area contributed by atoms with Gasteiger partial charge in [-0.15, -0.1) is 0 Å². The number of aromatic nitrogens is 4. The molecule has 3 heterocycles. The highest BCUT2D eigenvalue weighted by Crippen LogP contribution is 2.46. The smallest absolute Gasteiger partial charge is 0.255 e. The molecule has 7 nitrogen and oxygen atoms in total. The minimum absolute atomic E-state index is 0.0283. The zero-order valence-corrected chi connectivity index (χ0v) is 16.1. The standard InChI is InChI=1S/C22H23N5O2/c28-19(16-5-2-1-3-6-16)14-27-21-25-18(17-7-11-23-15-24-17)13-20(29)26(21)12-10-22(27)8-4-9-22/h1-3,5-7,11,13,15,19,28H,4,8-10,12,14H2/t19-/m1/s1. The van der Waals surface area contributed by atoms with Gasteiger partial charge in [0.15, 0.2) is 0 Å². The zero-order chi connectivity index (χ0) is 19.8. The summed E-state index contributed by atoms with van der Waals surface area (Å²) >= 11 is 0. The van der Waals surface area contributed by atoms with Crippen molar-refractivity contribution in [3.63, 3.8) is 0 Å². The van der Waals surface area contributed by atoms with E-state index in [1.807, 2.05) is 30.3 Å². The van der Waals surface area contributed by atoms with Gasteiger partial charge in [-0.3, -0.25) is 9.36 Å². The van der Waals surface area contributed by atoms with Crippen LogP contribution in [0.5, 0.6) is 0 Å². The van der Waals surface area contributed by atoms with Crippen LogP contribution in [0.15, 0.2) is 59.8 Å². The van der Waals surface area contributed by atoms with Gasteiger partial charge < -0.3 is 10.0 Å². The number of β-amino-alcohol motifs (C(OH)–C–C–N with tert-alkyl or cyclic N) is 1. The molecule has 1 spiro atoms. The van der Waals surface area contributed by atoms with Crippen molar-refractivity contribution in [1.82, 2.24) is 19.5 Å². The van der Waals surface area contributed by atoms with Gasteiger partial charge >= 0.3 is 0 Å².